The van der Waals surface area contributed by atoms with Crippen LogP contribution in [0.3, 0.4) is 0 Å². The lowest BCUT2D eigenvalue weighted by Gasteiger charge is -2.21. The van der Waals surface area contributed by atoms with Crippen LogP contribution in [0.15, 0.2) is 52.1 Å². The van der Waals surface area contributed by atoms with E-state index in [0.29, 0.717) is 6.42 Å². The molecule has 7 nitrogen and oxygen atoms in total. The van der Waals surface area contributed by atoms with Crippen LogP contribution in [0.2, 0.25) is 0 Å². The van der Waals surface area contributed by atoms with Gasteiger partial charge in [-0.1, -0.05) is 42.5 Å². The number of nitrogen functional groups attached to an aromatic ring is 1. The first-order valence-corrected chi connectivity index (χ1v) is 8.57. The summed E-state index contributed by atoms with van der Waals surface area (Å²) in [6.45, 7) is 0.211. The molecule has 0 fully saturated rings. The maximum atomic E-state index is 12.6. The molecule has 1 amide bonds. The molecule has 0 radical (unpaired) electrons. The largest absolute Gasteiger partial charge is 0.383 e. The maximum absolute atomic E-state index is 12.6. The fourth-order valence-electron chi connectivity index (χ4n) is 3.18. The first-order valence-electron chi connectivity index (χ1n) is 8.57. The van der Waals surface area contributed by atoms with Gasteiger partial charge in [0.05, 0.1) is 6.54 Å². The Balaban J connectivity index is 1.92. The molecule has 2 aromatic rings. The van der Waals surface area contributed by atoms with E-state index in [2.05, 4.69) is 11.1 Å². The third-order valence-electron chi connectivity index (χ3n) is 4.66. The van der Waals surface area contributed by atoms with Gasteiger partial charge >= 0.3 is 5.69 Å². The number of hydrogen-bond acceptors (Lipinski definition) is 4. The highest BCUT2D eigenvalue weighted by atomic mass is 16.2. The van der Waals surface area contributed by atoms with Crippen LogP contribution in [0.1, 0.15) is 24.8 Å². The zero-order chi connectivity index (χ0) is 18.7. The molecule has 1 aliphatic carbocycles. The minimum Gasteiger partial charge on any atom is -0.383 e. The third kappa shape index (κ3) is 3.61. The Morgan fingerprint density at radius 1 is 1.31 bits per heavy atom. The molecule has 7 heteroatoms. The van der Waals surface area contributed by atoms with Crippen LogP contribution in [-0.2, 0) is 11.3 Å². The van der Waals surface area contributed by atoms with Gasteiger partial charge < -0.3 is 10.6 Å². The van der Waals surface area contributed by atoms with E-state index in [-0.39, 0.29) is 29.9 Å². The molecule has 0 saturated heterocycles. The number of anilines is 2. The van der Waals surface area contributed by atoms with Crippen molar-refractivity contribution in [3.05, 3.63) is 68.9 Å². The number of allylic oxidation sites excluding steroid dienone is 2. The first-order chi connectivity index (χ1) is 12.5. The van der Waals surface area contributed by atoms with Crippen LogP contribution in [0.25, 0.3) is 0 Å². The molecule has 3 N–H and O–H groups in total. The van der Waals surface area contributed by atoms with Crippen LogP contribution in [0.5, 0.6) is 0 Å². The first kappa shape index (κ1) is 17.7. The number of hydrogen-bond donors (Lipinski definition) is 2. The lowest BCUT2D eigenvalue weighted by molar-refractivity contribution is -0.118. The average molecular weight is 354 g/mol. The van der Waals surface area contributed by atoms with Crippen LogP contribution in [-0.4, -0.2) is 22.5 Å². The molecule has 0 bridgehead atoms. The highest BCUT2D eigenvalue weighted by molar-refractivity contribution is 5.95. The van der Waals surface area contributed by atoms with Crippen molar-refractivity contribution in [2.75, 3.05) is 17.7 Å². The van der Waals surface area contributed by atoms with Crippen LogP contribution in [0.4, 0.5) is 11.5 Å². The van der Waals surface area contributed by atoms with Crippen molar-refractivity contribution in [1.29, 1.82) is 0 Å². The van der Waals surface area contributed by atoms with E-state index in [1.165, 1.54) is 16.5 Å². The van der Waals surface area contributed by atoms with Crippen molar-refractivity contribution in [3.63, 3.8) is 0 Å². The van der Waals surface area contributed by atoms with Gasteiger partial charge in [0.2, 0.25) is 5.91 Å². The molecule has 0 unspecified atom stereocenters. The molecule has 1 aromatic carbocycles. The summed E-state index contributed by atoms with van der Waals surface area (Å²) in [5, 5.41) is 0. The van der Waals surface area contributed by atoms with Crippen molar-refractivity contribution in [3.8, 4) is 0 Å². The van der Waals surface area contributed by atoms with Gasteiger partial charge in [-0.3, -0.25) is 19.1 Å². The quantitative estimate of drug-likeness (QED) is 0.794. The van der Waals surface area contributed by atoms with Crippen molar-refractivity contribution in [2.45, 2.75) is 25.8 Å². The topological polar surface area (TPSA) is 101 Å². The zero-order valence-corrected chi connectivity index (χ0v) is 14.6. The fraction of sp³-hybridized carbons (Fsp3) is 0.316. The summed E-state index contributed by atoms with van der Waals surface area (Å²) in [5.41, 5.74) is 5.73. The minimum atomic E-state index is -0.658. The van der Waals surface area contributed by atoms with E-state index in [9.17, 15) is 14.4 Å². The highest BCUT2D eigenvalue weighted by Crippen LogP contribution is 2.23. The van der Waals surface area contributed by atoms with E-state index < -0.39 is 11.2 Å². The molecule has 26 heavy (non-hydrogen) atoms. The summed E-state index contributed by atoms with van der Waals surface area (Å²) in [6.07, 6.45) is 6.28. The Morgan fingerprint density at radius 2 is 2.04 bits per heavy atom. The number of nitrogens with two attached hydrogens (primary N) is 1. The van der Waals surface area contributed by atoms with E-state index in [4.69, 9.17) is 5.73 Å². The Labute approximate surface area is 150 Å². The molecule has 1 aromatic heterocycles. The second-order valence-corrected chi connectivity index (χ2v) is 6.49. The number of amides is 1. The summed E-state index contributed by atoms with van der Waals surface area (Å²) < 4.78 is 1.27. The van der Waals surface area contributed by atoms with E-state index in [1.54, 1.807) is 0 Å². The molecule has 1 heterocycles. The van der Waals surface area contributed by atoms with Crippen molar-refractivity contribution in [2.24, 2.45) is 5.92 Å². The van der Waals surface area contributed by atoms with Crippen molar-refractivity contribution in [1.82, 2.24) is 9.55 Å². The number of H-pyrrole nitrogens is 1. The van der Waals surface area contributed by atoms with E-state index >= 15 is 0 Å². The Hall–Kier alpha value is -3.09. The summed E-state index contributed by atoms with van der Waals surface area (Å²) >= 11 is 0. The molecule has 1 atom stereocenters. The molecule has 136 valence electrons. The number of rotatable bonds is 5. The monoisotopic (exact) mass is 354 g/mol. The Morgan fingerprint density at radius 3 is 2.69 bits per heavy atom. The van der Waals surface area contributed by atoms with Gasteiger partial charge in [-0.05, 0) is 24.3 Å². The molecular weight excluding hydrogens is 332 g/mol. The van der Waals surface area contributed by atoms with Crippen molar-refractivity contribution < 1.29 is 4.79 Å². The van der Waals surface area contributed by atoms with E-state index in [1.807, 2.05) is 36.4 Å². The van der Waals surface area contributed by atoms with Gasteiger partial charge in [-0.2, -0.15) is 0 Å². The lowest BCUT2D eigenvalue weighted by atomic mass is 10.0. The van der Waals surface area contributed by atoms with Gasteiger partial charge in [0.1, 0.15) is 5.82 Å². The fourth-order valence-corrected chi connectivity index (χ4v) is 3.18. The average Bonchev–Trinajstić information content (AvgIpc) is 3.12. The summed E-state index contributed by atoms with van der Waals surface area (Å²) in [6, 6.07) is 9.30. The van der Waals surface area contributed by atoms with Crippen LogP contribution in [0, 0.1) is 5.92 Å². The summed E-state index contributed by atoms with van der Waals surface area (Å²) in [7, 11) is 1.51. The van der Waals surface area contributed by atoms with Crippen LogP contribution < -0.4 is 21.9 Å². The second-order valence-electron chi connectivity index (χ2n) is 6.49. The normalized spacial score (nSPS) is 16.0. The smallest absolute Gasteiger partial charge is 0.330 e. The number of aromatic nitrogens is 2. The number of nitrogens with one attached hydrogen (secondary N) is 1. The lowest BCUT2D eigenvalue weighted by Crippen LogP contribution is -2.39. The second kappa shape index (κ2) is 7.43. The molecule has 3 rings (SSSR count). The van der Waals surface area contributed by atoms with Crippen LogP contribution >= 0.6 is 0 Å². The van der Waals surface area contributed by atoms with Gasteiger partial charge in [0.15, 0.2) is 5.69 Å². The molecule has 0 aliphatic heterocycles. The number of nitrogens with zero attached hydrogens (tertiary/aromatic N) is 2. The molecule has 0 spiro atoms. The highest BCUT2D eigenvalue weighted by Gasteiger charge is 2.23. The maximum Gasteiger partial charge on any atom is 0.330 e. The Kier molecular flexibility index (Phi) is 5.06. The van der Waals surface area contributed by atoms with Gasteiger partial charge in [0.25, 0.3) is 5.56 Å². The number of aromatic amines is 1. The summed E-state index contributed by atoms with van der Waals surface area (Å²) in [5.74, 6) is -0.0374. The summed E-state index contributed by atoms with van der Waals surface area (Å²) in [4.78, 5) is 40.6. The molecular formula is C19H22N4O3. The number of benzene rings is 1. The van der Waals surface area contributed by atoms with Crippen molar-refractivity contribution >= 4 is 17.4 Å². The minimum absolute atomic E-state index is 0.00695. The standard InChI is InChI=1S/C19H22N4O3/c1-22(15(24)11-13-7-5-6-8-13)16-17(20)23(19(26)21-18(16)25)12-14-9-3-2-4-10-14/h2-5,7,9-10,13H,6,8,11-12,20H2,1H3,(H,21,25,26)/t13-/m0/s1. The predicted molar refractivity (Wildman–Crippen MR) is 101 cm³/mol. The number of carbonyl (C=O) groups excluding carboxylic acids is 1. The Bertz CT molecular complexity index is 943. The number of carbonyl (C=O) groups is 1. The SMILES string of the molecule is CN(C(=O)C[C@H]1C=CCC1)c1c(N)n(Cc2ccccc2)c(=O)[nH]c1=O. The zero-order valence-electron chi connectivity index (χ0n) is 14.6. The van der Waals surface area contributed by atoms with Gasteiger partial charge in [-0.25, -0.2) is 4.79 Å². The predicted octanol–water partition coefficient (Wildman–Crippen LogP) is 1.49. The molecule has 1 aliphatic rings. The van der Waals surface area contributed by atoms with Gasteiger partial charge in [0, 0.05) is 13.5 Å². The van der Waals surface area contributed by atoms with E-state index in [0.717, 1.165) is 18.4 Å². The third-order valence-corrected chi connectivity index (χ3v) is 4.66. The van der Waals surface area contributed by atoms with Gasteiger partial charge in [-0.15, -0.1) is 0 Å². The molecule has 0 saturated carbocycles.